The van der Waals surface area contributed by atoms with E-state index in [0.29, 0.717) is 25.4 Å². The summed E-state index contributed by atoms with van der Waals surface area (Å²) in [5.74, 6) is 0.649. The lowest BCUT2D eigenvalue weighted by molar-refractivity contribution is -0.129. The largest absolute Gasteiger partial charge is 0.497 e. The van der Waals surface area contributed by atoms with E-state index in [0.717, 1.165) is 31.3 Å². The quantitative estimate of drug-likeness (QED) is 0.411. The first-order chi connectivity index (χ1) is 15.9. The third-order valence-electron chi connectivity index (χ3n) is 6.47. The summed E-state index contributed by atoms with van der Waals surface area (Å²) in [5, 5.41) is 0. The Morgan fingerprint density at radius 2 is 1.48 bits per heavy atom. The van der Waals surface area contributed by atoms with Crippen molar-refractivity contribution in [1.29, 1.82) is 0 Å². The maximum atomic E-state index is 13.9. The highest BCUT2D eigenvalue weighted by molar-refractivity contribution is 9.10. The second-order valence-corrected chi connectivity index (χ2v) is 10.4. The van der Waals surface area contributed by atoms with Gasteiger partial charge in [0.05, 0.1) is 13.7 Å². The van der Waals surface area contributed by atoms with Crippen LogP contribution in [0, 0.1) is 0 Å². The van der Waals surface area contributed by atoms with Crippen molar-refractivity contribution in [1.82, 2.24) is 4.90 Å². The Morgan fingerprint density at radius 3 is 2.09 bits per heavy atom. The predicted octanol–water partition coefficient (Wildman–Crippen LogP) is 5.44. The molecule has 0 N–H and O–H groups in total. The van der Waals surface area contributed by atoms with Gasteiger partial charge >= 0.3 is 0 Å². The molecule has 1 fully saturated rings. The zero-order valence-electron chi connectivity index (χ0n) is 18.1. The number of ether oxygens (including phenoxy) is 1. The molecule has 3 aromatic rings. The molecule has 1 spiro atoms. The molecule has 0 unspecified atom stereocenters. The van der Waals surface area contributed by atoms with E-state index in [1.54, 1.807) is 12.0 Å². The van der Waals surface area contributed by atoms with Crippen molar-refractivity contribution in [3.63, 3.8) is 0 Å². The second kappa shape index (κ2) is 8.61. The Hall–Kier alpha value is -2.64. The van der Waals surface area contributed by atoms with E-state index >= 15 is 0 Å². The van der Waals surface area contributed by atoms with Gasteiger partial charge in [0, 0.05) is 34.1 Å². The highest BCUT2D eigenvalue weighted by Crippen LogP contribution is 2.49. The van der Waals surface area contributed by atoms with Gasteiger partial charge in [-0.05, 0) is 59.2 Å². The van der Waals surface area contributed by atoms with Crippen molar-refractivity contribution in [2.75, 3.05) is 18.6 Å². The van der Waals surface area contributed by atoms with Gasteiger partial charge in [-0.1, -0.05) is 56.1 Å². The third kappa shape index (κ3) is 3.97. The summed E-state index contributed by atoms with van der Waals surface area (Å²) >= 11 is 6.92. The van der Waals surface area contributed by atoms with E-state index in [2.05, 4.69) is 31.9 Å². The number of nitrogens with zero attached hydrogens (tertiary/aromatic N) is 2. The molecule has 2 heterocycles. The van der Waals surface area contributed by atoms with Crippen LogP contribution in [0.3, 0.4) is 0 Å². The Labute approximate surface area is 209 Å². The van der Waals surface area contributed by atoms with Crippen LogP contribution >= 0.6 is 31.9 Å². The third-order valence-corrected chi connectivity index (χ3v) is 7.53. The molecule has 5 rings (SSSR count). The van der Waals surface area contributed by atoms with Crippen LogP contribution in [0.1, 0.15) is 23.1 Å². The molecule has 2 amide bonds. The summed E-state index contributed by atoms with van der Waals surface area (Å²) in [6.07, 6.45) is 0.166. The second-order valence-electron chi connectivity index (χ2n) is 8.54. The van der Waals surface area contributed by atoms with E-state index in [-0.39, 0.29) is 18.2 Å². The molecule has 5 nitrogen and oxygen atoms in total. The van der Waals surface area contributed by atoms with Crippen LogP contribution in [-0.4, -0.2) is 30.4 Å². The fraction of sp³-hybridized carbons (Fsp3) is 0.231. The Morgan fingerprint density at radius 1 is 0.879 bits per heavy atom. The van der Waals surface area contributed by atoms with Crippen molar-refractivity contribution in [2.24, 2.45) is 0 Å². The van der Waals surface area contributed by atoms with Gasteiger partial charge in [0.25, 0.3) is 0 Å². The van der Waals surface area contributed by atoms with Crippen LogP contribution in [0.5, 0.6) is 5.75 Å². The number of carbonyl (C=O) groups is 2. The van der Waals surface area contributed by atoms with Gasteiger partial charge in [-0.15, -0.1) is 0 Å². The molecule has 3 aromatic carbocycles. The van der Waals surface area contributed by atoms with Gasteiger partial charge in [-0.3, -0.25) is 9.59 Å². The average Bonchev–Trinajstić information content (AvgIpc) is 3.26. The Balaban J connectivity index is 1.50. The summed E-state index contributed by atoms with van der Waals surface area (Å²) in [6.45, 7) is 1.29. The Bertz CT molecular complexity index is 1230. The van der Waals surface area contributed by atoms with Gasteiger partial charge < -0.3 is 14.5 Å². The predicted molar refractivity (Wildman–Crippen MR) is 134 cm³/mol. The number of rotatable bonds is 5. The van der Waals surface area contributed by atoms with Gasteiger partial charge in [-0.25, -0.2) is 0 Å². The molecule has 0 radical (unpaired) electrons. The molecule has 0 aromatic heterocycles. The molecule has 0 saturated carbocycles. The minimum atomic E-state index is -0.897. The van der Waals surface area contributed by atoms with Gasteiger partial charge in [0.2, 0.25) is 11.8 Å². The summed E-state index contributed by atoms with van der Waals surface area (Å²) in [7, 11) is 1.62. The maximum absolute atomic E-state index is 13.9. The molecule has 2 aliphatic rings. The van der Waals surface area contributed by atoms with Crippen LogP contribution in [0.15, 0.2) is 75.7 Å². The lowest BCUT2D eigenvalue weighted by Crippen LogP contribution is -2.42. The van der Waals surface area contributed by atoms with Crippen LogP contribution in [0.4, 0.5) is 5.69 Å². The van der Waals surface area contributed by atoms with Crippen molar-refractivity contribution in [2.45, 2.75) is 24.9 Å². The molecule has 0 aliphatic carbocycles. The first kappa shape index (κ1) is 22.2. The number of benzene rings is 3. The molecule has 1 saturated heterocycles. The highest BCUT2D eigenvalue weighted by Gasteiger charge is 2.57. The number of likely N-dealkylation sites (tertiary alicyclic amines) is 1. The van der Waals surface area contributed by atoms with Crippen LogP contribution in [0.25, 0.3) is 0 Å². The zero-order chi connectivity index (χ0) is 23.2. The van der Waals surface area contributed by atoms with E-state index in [9.17, 15) is 9.59 Å². The number of fused-ring (bicyclic) bond motifs is 2. The molecule has 168 valence electrons. The highest BCUT2D eigenvalue weighted by atomic mass is 79.9. The van der Waals surface area contributed by atoms with E-state index in [1.807, 2.05) is 71.6 Å². The first-order valence-electron chi connectivity index (χ1n) is 10.7. The fourth-order valence-corrected chi connectivity index (χ4v) is 5.32. The summed E-state index contributed by atoms with van der Waals surface area (Å²) in [6, 6.07) is 21.6. The lowest BCUT2D eigenvalue weighted by atomic mass is 9.80. The van der Waals surface area contributed by atoms with Gasteiger partial charge in [0.1, 0.15) is 11.2 Å². The lowest BCUT2D eigenvalue weighted by Gasteiger charge is -2.24. The zero-order valence-corrected chi connectivity index (χ0v) is 21.2. The van der Waals surface area contributed by atoms with Crippen LogP contribution in [-0.2, 0) is 28.1 Å². The number of amides is 2. The smallest absolute Gasteiger partial charge is 0.240 e. The SMILES string of the molecule is COc1ccc2c(c1)[C@@]1(CC(=O)N(Cc3ccc(Br)cc3)C1)C(=O)N2Cc1ccc(Br)cc1. The Kier molecular flexibility index (Phi) is 5.79. The van der Waals surface area contributed by atoms with Gasteiger partial charge in [0.15, 0.2) is 0 Å². The fourth-order valence-electron chi connectivity index (χ4n) is 4.79. The number of methoxy groups -OCH3 is 1. The molecular formula is C26H22Br2N2O3. The standard InChI is InChI=1S/C26H22Br2N2O3/c1-33-21-10-11-23-22(12-21)26(25(32)30(23)15-18-4-8-20(28)9-5-18)13-24(31)29(16-26)14-17-2-6-19(27)7-3-17/h2-12H,13-16H2,1H3/t26-/m0/s1. The minimum Gasteiger partial charge on any atom is -0.497 e. The first-order valence-corrected chi connectivity index (χ1v) is 12.3. The molecule has 2 aliphatic heterocycles. The van der Waals surface area contributed by atoms with Crippen molar-refractivity contribution < 1.29 is 14.3 Å². The topological polar surface area (TPSA) is 49.9 Å². The van der Waals surface area contributed by atoms with E-state index < -0.39 is 5.41 Å². The van der Waals surface area contributed by atoms with Crippen molar-refractivity contribution in [3.8, 4) is 5.75 Å². The van der Waals surface area contributed by atoms with Crippen molar-refractivity contribution in [3.05, 3.63) is 92.4 Å². The average molecular weight is 570 g/mol. The molecule has 33 heavy (non-hydrogen) atoms. The molecular weight excluding hydrogens is 548 g/mol. The van der Waals surface area contributed by atoms with Crippen molar-refractivity contribution >= 4 is 49.4 Å². The van der Waals surface area contributed by atoms with Crippen LogP contribution < -0.4 is 9.64 Å². The molecule has 1 atom stereocenters. The van der Waals surface area contributed by atoms with Crippen LogP contribution in [0.2, 0.25) is 0 Å². The van der Waals surface area contributed by atoms with E-state index in [1.165, 1.54) is 0 Å². The number of halogens is 2. The number of hydrogen-bond acceptors (Lipinski definition) is 3. The van der Waals surface area contributed by atoms with Gasteiger partial charge in [-0.2, -0.15) is 0 Å². The normalized spacial score (nSPS) is 19.5. The summed E-state index contributed by atoms with van der Waals surface area (Å²) in [4.78, 5) is 30.7. The number of anilines is 1. The number of hydrogen-bond donors (Lipinski definition) is 0. The maximum Gasteiger partial charge on any atom is 0.240 e. The monoisotopic (exact) mass is 568 g/mol. The minimum absolute atomic E-state index is 0.00877. The summed E-state index contributed by atoms with van der Waals surface area (Å²) in [5.41, 5.74) is 2.89. The molecule has 7 heteroatoms. The number of carbonyl (C=O) groups excluding carboxylic acids is 2. The molecule has 0 bridgehead atoms. The summed E-state index contributed by atoms with van der Waals surface area (Å²) < 4.78 is 7.45. The van der Waals surface area contributed by atoms with E-state index in [4.69, 9.17) is 4.74 Å².